The Kier molecular flexibility index (Phi) is 3.85. The van der Waals surface area contributed by atoms with Crippen molar-refractivity contribution in [2.45, 2.75) is 50.1 Å². The van der Waals surface area contributed by atoms with E-state index in [1.807, 2.05) is 0 Å². The highest BCUT2D eigenvalue weighted by atomic mass is 32.2. The van der Waals surface area contributed by atoms with Crippen LogP contribution in [0.2, 0.25) is 0 Å². The fourth-order valence-electron chi connectivity index (χ4n) is 4.67. The van der Waals surface area contributed by atoms with Crippen molar-refractivity contribution in [3.05, 3.63) is 0 Å². The topological polar surface area (TPSA) is 78.9 Å². The molecule has 0 bridgehead atoms. The minimum absolute atomic E-state index is 0.0611. The van der Waals surface area contributed by atoms with Crippen molar-refractivity contribution in [1.29, 1.82) is 0 Å². The first kappa shape index (κ1) is 15.7. The Hall–Kier alpha value is -0.210. The molecule has 7 heteroatoms. The van der Waals surface area contributed by atoms with Crippen LogP contribution in [0.5, 0.6) is 0 Å². The van der Waals surface area contributed by atoms with Gasteiger partial charge in [-0.05, 0) is 25.8 Å². The van der Waals surface area contributed by atoms with E-state index in [0.29, 0.717) is 18.4 Å². The van der Waals surface area contributed by atoms with Crippen molar-refractivity contribution >= 4 is 10.0 Å². The van der Waals surface area contributed by atoms with E-state index in [4.69, 9.17) is 4.74 Å². The van der Waals surface area contributed by atoms with Crippen molar-refractivity contribution in [3.8, 4) is 0 Å². The lowest BCUT2D eigenvalue weighted by molar-refractivity contribution is -0.0827. The summed E-state index contributed by atoms with van der Waals surface area (Å²) in [4.78, 5) is 2.31. The Morgan fingerprint density at radius 1 is 1.33 bits per heavy atom. The van der Waals surface area contributed by atoms with E-state index in [9.17, 15) is 13.5 Å². The number of sulfonamides is 1. The molecule has 0 radical (unpaired) electrons. The molecule has 3 aliphatic rings. The number of aliphatic hydroxyl groups excluding tert-OH is 1. The van der Waals surface area contributed by atoms with Crippen molar-refractivity contribution in [2.24, 2.45) is 11.3 Å². The Labute approximate surface area is 126 Å². The van der Waals surface area contributed by atoms with Crippen LogP contribution in [0.4, 0.5) is 0 Å². The van der Waals surface area contributed by atoms with Gasteiger partial charge in [0, 0.05) is 24.0 Å². The lowest BCUT2D eigenvalue weighted by Gasteiger charge is -2.57. The third-order valence-electron chi connectivity index (χ3n) is 5.37. The molecule has 3 fully saturated rings. The molecule has 2 heterocycles. The molecule has 2 aliphatic heterocycles. The van der Waals surface area contributed by atoms with Gasteiger partial charge in [-0.2, -0.15) is 0 Å². The summed E-state index contributed by atoms with van der Waals surface area (Å²) in [6, 6.07) is 0.0687. The molecule has 1 aliphatic carbocycles. The molecule has 2 unspecified atom stereocenters. The van der Waals surface area contributed by atoms with Gasteiger partial charge in [-0.3, -0.25) is 0 Å². The minimum atomic E-state index is -3.37. The maximum absolute atomic E-state index is 12.2. The first-order valence-corrected chi connectivity index (χ1v) is 9.27. The normalized spacial score (nSPS) is 41.5. The average molecular weight is 318 g/mol. The quantitative estimate of drug-likeness (QED) is 0.749. The fraction of sp³-hybridized carbons (Fsp3) is 1.00. The van der Waals surface area contributed by atoms with Crippen LogP contribution in [-0.2, 0) is 14.8 Å². The van der Waals surface area contributed by atoms with Gasteiger partial charge >= 0.3 is 0 Å². The average Bonchev–Trinajstić information content (AvgIpc) is 2.50. The molecule has 0 aromatic carbocycles. The van der Waals surface area contributed by atoms with Crippen LogP contribution >= 0.6 is 0 Å². The lowest BCUT2D eigenvalue weighted by atomic mass is 9.66. The van der Waals surface area contributed by atoms with Crippen LogP contribution in [0.3, 0.4) is 0 Å². The van der Waals surface area contributed by atoms with Crippen LogP contribution in [-0.4, -0.2) is 68.7 Å². The predicted octanol–water partition coefficient (Wildman–Crippen LogP) is -0.216. The molecule has 1 spiro atoms. The standard InChI is InChI=1S/C14H26N2O4S/c1-9(2)13-14(8-16(13)3)4-11(12(17)5-14)15-21(18,19)10-6-20-7-10/h9-13,15,17H,4-8H2,1-3H3/t11-,12-,13?,14?/m1/s1. The zero-order chi connectivity index (χ0) is 15.4. The monoisotopic (exact) mass is 318 g/mol. The van der Waals surface area contributed by atoms with Crippen LogP contribution in [0, 0.1) is 11.3 Å². The highest BCUT2D eigenvalue weighted by Gasteiger charge is 2.58. The van der Waals surface area contributed by atoms with Crippen LogP contribution in [0.1, 0.15) is 26.7 Å². The molecule has 6 nitrogen and oxygen atoms in total. The van der Waals surface area contributed by atoms with Crippen LogP contribution < -0.4 is 4.72 Å². The molecular formula is C14H26N2O4S. The minimum Gasteiger partial charge on any atom is -0.391 e. The number of nitrogens with one attached hydrogen (secondary N) is 1. The number of likely N-dealkylation sites (tertiary alicyclic amines) is 1. The summed E-state index contributed by atoms with van der Waals surface area (Å²) < 4.78 is 32.1. The second-order valence-electron chi connectivity index (χ2n) is 7.37. The highest BCUT2D eigenvalue weighted by molar-refractivity contribution is 7.90. The van der Waals surface area contributed by atoms with E-state index in [-0.39, 0.29) is 24.7 Å². The number of hydrogen-bond acceptors (Lipinski definition) is 5. The molecule has 0 aromatic rings. The van der Waals surface area contributed by atoms with Crippen molar-refractivity contribution in [1.82, 2.24) is 9.62 Å². The molecule has 1 saturated carbocycles. The Morgan fingerprint density at radius 2 is 2.00 bits per heavy atom. The van der Waals surface area contributed by atoms with E-state index >= 15 is 0 Å². The Balaban J connectivity index is 1.69. The Morgan fingerprint density at radius 3 is 2.48 bits per heavy atom. The van der Waals surface area contributed by atoms with Crippen molar-refractivity contribution < 1.29 is 18.3 Å². The molecule has 0 amide bonds. The number of nitrogens with zero attached hydrogens (tertiary/aromatic N) is 1. The van der Waals surface area contributed by atoms with Gasteiger partial charge in [0.2, 0.25) is 10.0 Å². The number of aliphatic hydroxyl groups is 1. The molecule has 2 saturated heterocycles. The summed E-state index contributed by atoms with van der Waals surface area (Å²) in [5.74, 6) is 0.506. The first-order chi connectivity index (χ1) is 9.75. The van der Waals surface area contributed by atoms with Gasteiger partial charge < -0.3 is 14.7 Å². The van der Waals surface area contributed by atoms with Gasteiger partial charge in [-0.1, -0.05) is 13.8 Å². The maximum Gasteiger partial charge on any atom is 0.219 e. The SMILES string of the molecule is CC(C)C1N(C)CC12C[C@@H](O)[C@H](NS(=O)(=O)C1COC1)C2. The zero-order valence-corrected chi connectivity index (χ0v) is 13.8. The van der Waals surface area contributed by atoms with E-state index in [1.54, 1.807) is 0 Å². The van der Waals surface area contributed by atoms with E-state index in [0.717, 1.165) is 13.0 Å². The highest BCUT2D eigenvalue weighted by Crippen LogP contribution is 2.52. The van der Waals surface area contributed by atoms with Crippen LogP contribution in [0.15, 0.2) is 0 Å². The zero-order valence-electron chi connectivity index (χ0n) is 12.9. The van der Waals surface area contributed by atoms with Crippen molar-refractivity contribution in [2.75, 3.05) is 26.8 Å². The molecule has 4 atom stereocenters. The number of ether oxygens (including phenoxy) is 1. The predicted molar refractivity (Wildman–Crippen MR) is 79.4 cm³/mol. The second-order valence-corrected chi connectivity index (χ2v) is 9.36. The molecule has 122 valence electrons. The molecular weight excluding hydrogens is 292 g/mol. The summed E-state index contributed by atoms with van der Waals surface area (Å²) >= 11 is 0. The van der Waals surface area contributed by atoms with E-state index in [1.165, 1.54) is 0 Å². The maximum atomic E-state index is 12.2. The molecule has 3 rings (SSSR count). The van der Waals surface area contributed by atoms with E-state index < -0.39 is 21.4 Å². The molecule has 0 aromatic heterocycles. The first-order valence-electron chi connectivity index (χ1n) is 7.72. The molecule has 2 N–H and O–H groups in total. The van der Waals surface area contributed by atoms with Gasteiger partial charge in [-0.15, -0.1) is 0 Å². The third-order valence-corrected chi connectivity index (χ3v) is 7.15. The lowest BCUT2D eigenvalue weighted by Crippen LogP contribution is -2.64. The summed E-state index contributed by atoms with van der Waals surface area (Å²) in [5, 5.41) is 9.88. The fourth-order valence-corrected chi connectivity index (χ4v) is 6.07. The molecule has 21 heavy (non-hydrogen) atoms. The van der Waals surface area contributed by atoms with Crippen molar-refractivity contribution in [3.63, 3.8) is 0 Å². The van der Waals surface area contributed by atoms with Gasteiger partial charge in [0.05, 0.1) is 19.3 Å². The second kappa shape index (κ2) is 5.16. The largest absolute Gasteiger partial charge is 0.391 e. The summed E-state index contributed by atoms with van der Waals surface area (Å²) in [5.41, 5.74) is 0.0611. The Bertz CT molecular complexity index is 500. The summed E-state index contributed by atoms with van der Waals surface area (Å²) in [6.07, 6.45) is 0.832. The van der Waals surface area contributed by atoms with Gasteiger partial charge in [0.25, 0.3) is 0 Å². The third kappa shape index (κ3) is 2.53. The summed E-state index contributed by atoms with van der Waals surface area (Å²) in [6.45, 7) is 5.86. The van der Waals surface area contributed by atoms with Gasteiger partial charge in [-0.25, -0.2) is 13.1 Å². The smallest absolute Gasteiger partial charge is 0.219 e. The van der Waals surface area contributed by atoms with Gasteiger partial charge in [0.15, 0.2) is 0 Å². The van der Waals surface area contributed by atoms with Crippen LogP contribution in [0.25, 0.3) is 0 Å². The number of rotatable bonds is 4. The van der Waals surface area contributed by atoms with Gasteiger partial charge in [0.1, 0.15) is 5.25 Å². The summed E-state index contributed by atoms with van der Waals surface area (Å²) in [7, 11) is -1.27. The van der Waals surface area contributed by atoms with E-state index in [2.05, 4.69) is 30.5 Å². The number of hydrogen-bond donors (Lipinski definition) is 2.